The number of anilines is 1. The minimum Gasteiger partial charge on any atom is -0.495 e. The predicted octanol–water partition coefficient (Wildman–Crippen LogP) is 5.73. The molecule has 0 heterocycles. The highest BCUT2D eigenvalue weighted by atomic mass is 79.9. The average Bonchev–Trinajstić information content (AvgIpc) is 2.36. The normalized spacial score (nSPS) is 10.4. The molecule has 106 valence electrons. The number of hydrogen-bond donors (Lipinski definition) is 1. The van der Waals surface area contributed by atoms with Crippen molar-refractivity contribution in [3.63, 3.8) is 0 Å². The third-order valence-electron chi connectivity index (χ3n) is 2.65. The van der Waals surface area contributed by atoms with E-state index in [1.165, 1.54) is 12.1 Å². The quantitative estimate of drug-likeness (QED) is 0.619. The van der Waals surface area contributed by atoms with Gasteiger partial charge in [0.25, 0.3) is 0 Å². The zero-order valence-electron chi connectivity index (χ0n) is 10.5. The van der Waals surface area contributed by atoms with E-state index in [2.05, 4.69) is 53.1 Å². The van der Waals surface area contributed by atoms with Crippen molar-refractivity contribution in [3.05, 3.63) is 55.1 Å². The fraction of sp³-hybridized carbons (Fsp3) is 0.143. The van der Waals surface area contributed by atoms with Crippen LogP contribution in [0, 0.1) is 5.82 Å². The molecule has 2 aromatic carbocycles. The Morgan fingerprint density at radius 1 is 1.05 bits per heavy atom. The third-order valence-corrected chi connectivity index (χ3v) is 4.38. The van der Waals surface area contributed by atoms with Crippen molar-refractivity contribution >= 4 is 53.5 Å². The van der Waals surface area contributed by atoms with E-state index < -0.39 is 0 Å². The van der Waals surface area contributed by atoms with Crippen LogP contribution in [0.25, 0.3) is 0 Å². The largest absolute Gasteiger partial charge is 0.495 e. The number of methoxy groups -OCH3 is 1. The van der Waals surface area contributed by atoms with E-state index in [9.17, 15) is 4.39 Å². The second kappa shape index (κ2) is 6.91. The molecule has 2 aromatic rings. The van der Waals surface area contributed by atoms with E-state index in [1.807, 2.05) is 18.2 Å². The Hall–Kier alpha value is -0.590. The van der Waals surface area contributed by atoms with Gasteiger partial charge >= 0.3 is 0 Å². The molecule has 0 aliphatic carbocycles. The second-order valence-corrected chi connectivity index (χ2v) is 6.72. The first-order valence-electron chi connectivity index (χ1n) is 5.71. The summed E-state index contributed by atoms with van der Waals surface area (Å²) in [5.74, 6) is 0.472. The first kappa shape index (κ1) is 15.8. The molecule has 2 nitrogen and oxygen atoms in total. The van der Waals surface area contributed by atoms with Crippen molar-refractivity contribution in [3.8, 4) is 5.75 Å². The number of rotatable bonds is 4. The van der Waals surface area contributed by atoms with Crippen molar-refractivity contribution < 1.29 is 9.13 Å². The number of halogens is 4. The van der Waals surface area contributed by atoms with Crippen LogP contribution in [0.15, 0.2) is 43.7 Å². The standard InChI is InChI=1S/C14H11Br3FNO/c1-20-14-6-13(11(16)5-12(14)17)19-7-8-2-9(15)4-10(18)3-8/h2-6,19H,7H2,1H3. The van der Waals surface area contributed by atoms with Crippen molar-refractivity contribution in [2.75, 3.05) is 12.4 Å². The molecule has 0 aliphatic heterocycles. The van der Waals surface area contributed by atoms with Crippen LogP contribution in [0.2, 0.25) is 0 Å². The summed E-state index contributed by atoms with van der Waals surface area (Å²) in [5, 5.41) is 3.25. The van der Waals surface area contributed by atoms with Crippen molar-refractivity contribution in [1.29, 1.82) is 0 Å². The lowest BCUT2D eigenvalue weighted by Gasteiger charge is -2.12. The van der Waals surface area contributed by atoms with Gasteiger partial charge < -0.3 is 10.1 Å². The predicted molar refractivity (Wildman–Crippen MR) is 89.8 cm³/mol. The molecule has 20 heavy (non-hydrogen) atoms. The highest BCUT2D eigenvalue weighted by Crippen LogP contribution is 2.34. The molecular weight excluding hydrogens is 457 g/mol. The fourth-order valence-electron chi connectivity index (χ4n) is 1.73. The average molecular weight is 468 g/mol. The van der Waals surface area contributed by atoms with Crippen LogP contribution in [0.3, 0.4) is 0 Å². The Bertz CT molecular complexity index is 614. The molecule has 0 radical (unpaired) electrons. The van der Waals surface area contributed by atoms with Gasteiger partial charge in [-0.3, -0.25) is 0 Å². The fourth-order valence-corrected chi connectivity index (χ4v) is 3.54. The Morgan fingerprint density at radius 3 is 2.45 bits per heavy atom. The van der Waals surface area contributed by atoms with E-state index in [4.69, 9.17) is 4.74 Å². The maximum absolute atomic E-state index is 13.3. The van der Waals surface area contributed by atoms with Crippen LogP contribution in [0.1, 0.15) is 5.56 Å². The van der Waals surface area contributed by atoms with Gasteiger partial charge in [-0.05, 0) is 61.7 Å². The zero-order chi connectivity index (χ0) is 14.7. The lowest BCUT2D eigenvalue weighted by Crippen LogP contribution is -2.01. The number of ether oxygens (including phenoxy) is 1. The molecule has 0 aliphatic rings. The third kappa shape index (κ3) is 3.96. The molecule has 0 fully saturated rings. The van der Waals surface area contributed by atoms with Crippen molar-refractivity contribution in [1.82, 2.24) is 0 Å². The number of benzene rings is 2. The van der Waals surface area contributed by atoms with Gasteiger partial charge in [-0.1, -0.05) is 15.9 Å². The van der Waals surface area contributed by atoms with Crippen LogP contribution in [0.4, 0.5) is 10.1 Å². The molecule has 6 heteroatoms. The Balaban J connectivity index is 2.18. The van der Waals surface area contributed by atoms with Crippen LogP contribution in [0.5, 0.6) is 5.75 Å². The summed E-state index contributed by atoms with van der Waals surface area (Å²) in [6.45, 7) is 0.514. The lowest BCUT2D eigenvalue weighted by atomic mass is 10.2. The van der Waals surface area contributed by atoms with Crippen LogP contribution < -0.4 is 10.1 Å². The van der Waals surface area contributed by atoms with Gasteiger partial charge in [-0.2, -0.15) is 0 Å². The SMILES string of the molecule is COc1cc(NCc2cc(F)cc(Br)c2)c(Br)cc1Br. The maximum atomic E-state index is 13.3. The Morgan fingerprint density at radius 2 is 1.80 bits per heavy atom. The first-order valence-corrected chi connectivity index (χ1v) is 8.09. The molecule has 0 unspecified atom stereocenters. The van der Waals surface area contributed by atoms with Crippen LogP contribution in [-0.2, 0) is 6.54 Å². The summed E-state index contributed by atoms with van der Waals surface area (Å²) in [6.07, 6.45) is 0. The van der Waals surface area contributed by atoms with Crippen molar-refractivity contribution in [2.24, 2.45) is 0 Å². The van der Waals surface area contributed by atoms with Gasteiger partial charge in [-0.15, -0.1) is 0 Å². The lowest BCUT2D eigenvalue weighted by molar-refractivity contribution is 0.412. The summed E-state index contributed by atoms with van der Waals surface area (Å²) in [6, 6.07) is 8.59. The maximum Gasteiger partial charge on any atom is 0.135 e. The summed E-state index contributed by atoms with van der Waals surface area (Å²) < 4.78 is 21.1. The molecule has 0 saturated carbocycles. The smallest absolute Gasteiger partial charge is 0.135 e. The van der Waals surface area contributed by atoms with E-state index in [1.54, 1.807) is 7.11 Å². The molecule has 0 saturated heterocycles. The molecule has 0 atom stereocenters. The Labute approximate surface area is 142 Å². The minimum atomic E-state index is -0.261. The minimum absolute atomic E-state index is 0.261. The van der Waals surface area contributed by atoms with E-state index in [0.29, 0.717) is 6.54 Å². The molecule has 0 bridgehead atoms. The van der Waals surface area contributed by atoms with Gasteiger partial charge in [0.05, 0.1) is 17.3 Å². The summed E-state index contributed by atoms with van der Waals surface area (Å²) in [5.41, 5.74) is 1.73. The monoisotopic (exact) mass is 465 g/mol. The van der Waals surface area contributed by atoms with Gasteiger partial charge in [0.2, 0.25) is 0 Å². The summed E-state index contributed by atoms with van der Waals surface area (Å²) in [7, 11) is 1.61. The van der Waals surface area contributed by atoms with Crippen molar-refractivity contribution in [2.45, 2.75) is 6.54 Å². The first-order chi connectivity index (χ1) is 9.49. The highest BCUT2D eigenvalue weighted by Gasteiger charge is 2.07. The van der Waals surface area contributed by atoms with Crippen LogP contribution >= 0.6 is 47.8 Å². The summed E-state index contributed by atoms with van der Waals surface area (Å²) in [4.78, 5) is 0. The van der Waals surface area contributed by atoms with E-state index >= 15 is 0 Å². The van der Waals surface area contributed by atoms with Gasteiger partial charge in [0, 0.05) is 21.6 Å². The molecule has 0 aromatic heterocycles. The number of nitrogens with one attached hydrogen (secondary N) is 1. The van der Waals surface area contributed by atoms with E-state index in [-0.39, 0.29) is 5.82 Å². The van der Waals surface area contributed by atoms with E-state index in [0.717, 1.165) is 30.4 Å². The number of hydrogen-bond acceptors (Lipinski definition) is 2. The molecule has 1 N–H and O–H groups in total. The van der Waals surface area contributed by atoms with Gasteiger partial charge in [0.15, 0.2) is 0 Å². The molecular formula is C14H11Br3FNO. The highest BCUT2D eigenvalue weighted by molar-refractivity contribution is 9.11. The molecule has 2 rings (SSSR count). The van der Waals surface area contributed by atoms with Crippen LogP contribution in [-0.4, -0.2) is 7.11 Å². The topological polar surface area (TPSA) is 21.3 Å². The van der Waals surface area contributed by atoms with Gasteiger partial charge in [-0.25, -0.2) is 4.39 Å². The Kier molecular flexibility index (Phi) is 5.46. The molecule has 0 spiro atoms. The summed E-state index contributed by atoms with van der Waals surface area (Å²) >= 11 is 10.2. The van der Waals surface area contributed by atoms with Gasteiger partial charge in [0.1, 0.15) is 11.6 Å². The zero-order valence-corrected chi connectivity index (χ0v) is 15.3. The molecule has 0 amide bonds. The second-order valence-electron chi connectivity index (χ2n) is 4.10.